The minimum absolute atomic E-state index is 0.0676. The monoisotopic (exact) mass is 346 g/mol. The van der Waals surface area contributed by atoms with Crippen LogP contribution in [-0.2, 0) is 23.1 Å². The number of ether oxygens (including phenoxy) is 1. The third-order valence-corrected chi connectivity index (χ3v) is 5.26. The molecule has 7 heteroatoms. The lowest BCUT2D eigenvalue weighted by molar-refractivity contribution is -0.156. The number of aromatic nitrogens is 4. The van der Waals surface area contributed by atoms with Crippen LogP contribution < -0.4 is 5.56 Å². The standard InChI is InChI=1S/C18H26N4O3/c1-11(2)13-6-5-12(3)7-15(13)25-16(23)9-22-10-19-17-14(18(22)24)8-20-21(17)4/h8,10-13,15H,5-7,9H2,1-4H3. The van der Waals surface area contributed by atoms with E-state index in [1.807, 2.05) is 0 Å². The number of nitrogens with zero attached hydrogens (tertiary/aromatic N) is 4. The van der Waals surface area contributed by atoms with E-state index in [1.165, 1.54) is 28.2 Å². The SMILES string of the molecule is CC1CCC(C(C)C)C(OC(=O)Cn2cnc3c(cnn3C)c2=O)C1. The molecule has 1 aliphatic carbocycles. The minimum Gasteiger partial charge on any atom is -0.461 e. The maximum Gasteiger partial charge on any atom is 0.326 e. The Morgan fingerprint density at radius 3 is 2.88 bits per heavy atom. The molecule has 2 aromatic heterocycles. The lowest BCUT2D eigenvalue weighted by Crippen LogP contribution is -2.37. The van der Waals surface area contributed by atoms with Crippen LogP contribution in [-0.4, -0.2) is 31.4 Å². The van der Waals surface area contributed by atoms with Crippen molar-refractivity contribution in [3.8, 4) is 0 Å². The first-order valence-electron chi connectivity index (χ1n) is 8.93. The predicted octanol–water partition coefficient (Wildman–Crippen LogP) is 2.13. The molecule has 1 aliphatic rings. The van der Waals surface area contributed by atoms with Crippen molar-refractivity contribution in [2.45, 2.75) is 52.7 Å². The molecule has 0 radical (unpaired) electrons. The fourth-order valence-electron chi connectivity index (χ4n) is 3.77. The largest absolute Gasteiger partial charge is 0.461 e. The molecule has 136 valence electrons. The smallest absolute Gasteiger partial charge is 0.326 e. The summed E-state index contributed by atoms with van der Waals surface area (Å²) in [6, 6.07) is 0. The van der Waals surface area contributed by atoms with E-state index >= 15 is 0 Å². The van der Waals surface area contributed by atoms with Gasteiger partial charge >= 0.3 is 5.97 Å². The molecule has 7 nitrogen and oxygen atoms in total. The van der Waals surface area contributed by atoms with Crippen molar-refractivity contribution < 1.29 is 9.53 Å². The van der Waals surface area contributed by atoms with Crippen LogP contribution in [0.15, 0.2) is 17.3 Å². The molecular weight excluding hydrogens is 320 g/mol. The van der Waals surface area contributed by atoms with E-state index in [9.17, 15) is 9.59 Å². The number of carbonyl (C=O) groups excluding carboxylic acids is 1. The highest BCUT2D eigenvalue weighted by Gasteiger charge is 2.33. The Bertz CT molecular complexity index is 823. The summed E-state index contributed by atoms with van der Waals surface area (Å²) in [5, 5.41) is 4.44. The van der Waals surface area contributed by atoms with Gasteiger partial charge in [-0.2, -0.15) is 5.10 Å². The summed E-state index contributed by atoms with van der Waals surface area (Å²) in [6.07, 6.45) is 5.95. The molecule has 3 unspecified atom stereocenters. The van der Waals surface area contributed by atoms with E-state index < -0.39 is 0 Å². The number of carbonyl (C=O) groups is 1. The number of rotatable bonds is 4. The van der Waals surface area contributed by atoms with Crippen molar-refractivity contribution >= 4 is 17.0 Å². The summed E-state index contributed by atoms with van der Waals surface area (Å²) in [6.45, 7) is 6.42. The number of esters is 1. The van der Waals surface area contributed by atoms with Crippen LogP contribution in [0.25, 0.3) is 11.0 Å². The zero-order valence-corrected chi connectivity index (χ0v) is 15.3. The van der Waals surface area contributed by atoms with Crippen molar-refractivity contribution in [3.05, 3.63) is 22.9 Å². The molecule has 3 atom stereocenters. The van der Waals surface area contributed by atoms with E-state index in [-0.39, 0.29) is 24.2 Å². The normalized spacial score (nSPS) is 24.0. The van der Waals surface area contributed by atoms with Gasteiger partial charge in [0.15, 0.2) is 5.65 Å². The fourth-order valence-corrected chi connectivity index (χ4v) is 3.77. The molecule has 25 heavy (non-hydrogen) atoms. The van der Waals surface area contributed by atoms with Crippen LogP contribution in [0.2, 0.25) is 0 Å². The first-order valence-corrected chi connectivity index (χ1v) is 8.93. The molecule has 0 spiro atoms. The zero-order chi connectivity index (χ0) is 18.1. The van der Waals surface area contributed by atoms with Gasteiger partial charge in [0.1, 0.15) is 24.4 Å². The van der Waals surface area contributed by atoms with Gasteiger partial charge in [-0.25, -0.2) is 4.98 Å². The van der Waals surface area contributed by atoms with Gasteiger partial charge < -0.3 is 4.74 Å². The summed E-state index contributed by atoms with van der Waals surface area (Å²) in [7, 11) is 1.73. The molecule has 0 aromatic carbocycles. The second-order valence-corrected chi connectivity index (χ2v) is 7.54. The highest BCUT2D eigenvalue weighted by atomic mass is 16.5. The lowest BCUT2D eigenvalue weighted by Gasteiger charge is -2.36. The second kappa shape index (κ2) is 6.98. The van der Waals surface area contributed by atoms with E-state index in [4.69, 9.17) is 4.74 Å². The van der Waals surface area contributed by atoms with Crippen LogP contribution in [0.1, 0.15) is 40.0 Å². The molecule has 0 N–H and O–H groups in total. The van der Waals surface area contributed by atoms with Crippen LogP contribution in [0.3, 0.4) is 0 Å². The summed E-state index contributed by atoms with van der Waals surface area (Å²) in [5.74, 6) is 1.04. The van der Waals surface area contributed by atoms with Crippen molar-refractivity contribution in [1.82, 2.24) is 19.3 Å². The highest BCUT2D eigenvalue weighted by molar-refractivity contribution is 5.74. The third-order valence-electron chi connectivity index (χ3n) is 5.26. The maximum atomic E-state index is 12.5. The fraction of sp³-hybridized carbons (Fsp3) is 0.667. The Morgan fingerprint density at radius 2 is 2.16 bits per heavy atom. The van der Waals surface area contributed by atoms with Gasteiger partial charge in [0.2, 0.25) is 0 Å². The van der Waals surface area contributed by atoms with Gasteiger partial charge in [0.05, 0.1) is 6.20 Å². The second-order valence-electron chi connectivity index (χ2n) is 7.54. The summed E-state index contributed by atoms with van der Waals surface area (Å²) in [4.78, 5) is 29.1. The Hall–Kier alpha value is -2.18. The highest BCUT2D eigenvalue weighted by Crippen LogP contribution is 2.35. The molecule has 0 aliphatic heterocycles. The maximum absolute atomic E-state index is 12.5. The van der Waals surface area contributed by atoms with Gasteiger partial charge in [-0.15, -0.1) is 0 Å². The zero-order valence-electron chi connectivity index (χ0n) is 15.3. The Balaban J connectivity index is 1.73. The van der Waals surface area contributed by atoms with Crippen LogP contribution in [0.5, 0.6) is 0 Å². The van der Waals surface area contributed by atoms with Crippen LogP contribution in [0, 0.1) is 17.8 Å². The van der Waals surface area contributed by atoms with Gasteiger partial charge in [-0.3, -0.25) is 18.8 Å². The van der Waals surface area contributed by atoms with Crippen molar-refractivity contribution in [2.24, 2.45) is 24.8 Å². The van der Waals surface area contributed by atoms with Crippen molar-refractivity contribution in [3.63, 3.8) is 0 Å². The minimum atomic E-state index is -0.378. The average molecular weight is 346 g/mol. The van der Waals surface area contributed by atoms with Crippen molar-refractivity contribution in [2.75, 3.05) is 0 Å². The molecular formula is C18H26N4O3. The van der Waals surface area contributed by atoms with Crippen molar-refractivity contribution in [1.29, 1.82) is 0 Å². The van der Waals surface area contributed by atoms with Crippen LogP contribution in [0.4, 0.5) is 0 Å². The summed E-state index contributed by atoms with van der Waals surface area (Å²) >= 11 is 0. The lowest BCUT2D eigenvalue weighted by atomic mass is 9.75. The molecule has 1 saturated carbocycles. The van der Waals surface area contributed by atoms with Gasteiger partial charge in [-0.05, 0) is 30.6 Å². The van der Waals surface area contributed by atoms with Gasteiger partial charge in [0, 0.05) is 7.05 Å². The number of aryl methyl sites for hydroxylation is 1. The quantitative estimate of drug-likeness (QED) is 0.793. The molecule has 1 fully saturated rings. The Kier molecular flexibility index (Phi) is 4.92. The van der Waals surface area contributed by atoms with Crippen LogP contribution >= 0.6 is 0 Å². The Morgan fingerprint density at radius 1 is 1.40 bits per heavy atom. The first kappa shape index (κ1) is 17.6. The Labute approximate surface area is 147 Å². The van der Waals surface area contributed by atoms with Gasteiger partial charge in [0.25, 0.3) is 5.56 Å². The molecule has 2 heterocycles. The summed E-state index contributed by atoms with van der Waals surface area (Å²) in [5.41, 5.74) is 0.239. The first-order chi connectivity index (χ1) is 11.9. The van der Waals surface area contributed by atoms with E-state index in [0.29, 0.717) is 28.8 Å². The van der Waals surface area contributed by atoms with E-state index in [0.717, 1.165) is 12.8 Å². The number of fused-ring (bicyclic) bond motifs is 1. The average Bonchev–Trinajstić information content (AvgIpc) is 2.92. The topological polar surface area (TPSA) is 79.0 Å². The molecule has 0 bridgehead atoms. The van der Waals surface area contributed by atoms with E-state index in [2.05, 4.69) is 30.9 Å². The molecule has 0 amide bonds. The molecule has 2 aromatic rings. The third kappa shape index (κ3) is 3.60. The number of hydrogen-bond donors (Lipinski definition) is 0. The van der Waals surface area contributed by atoms with E-state index in [1.54, 1.807) is 7.05 Å². The molecule has 3 rings (SSSR count). The predicted molar refractivity (Wildman–Crippen MR) is 94.0 cm³/mol. The number of hydrogen-bond acceptors (Lipinski definition) is 5. The van der Waals surface area contributed by atoms with Gasteiger partial charge in [-0.1, -0.05) is 27.2 Å². The molecule has 0 saturated heterocycles. The summed E-state index contributed by atoms with van der Waals surface area (Å²) < 4.78 is 8.60.